The van der Waals surface area contributed by atoms with Crippen molar-refractivity contribution in [3.63, 3.8) is 0 Å². The molecule has 0 saturated carbocycles. The van der Waals surface area contributed by atoms with Gasteiger partial charge in [-0.3, -0.25) is 4.90 Å². The lowest BCUT2D eigenvalue weighted by molar-refractivity contribution is -0.139. The molecule has 1 unspecified atom stereocenters. The van der Waals surface area contributed by atoms with E-state index in [1.54, 1.807) is 6.92 Å². The van der Waals surface area contributed by atoms with Crippen molar-refractivity contribution in [2.24, 2.45) is 0 Å². The van der Waals surface area contributed by atoms with Crippen LogP contribution in [0.4, 0.5) is 4.79 Å². The SMILES string of the molecule is CCOC(=O)C1=C(CN2CCN(C)CC2)NC(=O)NC1c1ccc(OC(C)C)cc1. The van der Waals surface area contributed by atoms with E-state index >= 15 is 0 Å². The van der Waals surface area contributed by atoms with E-state index in [1.165, 1.54) is 0 Å². The highest BCUT2D eigenvalue weighted by atomic mass is 16.5. The average molecular weight is 417 g/mol. The quantitative estimate of drug-likeness (QED) is 0.661. The van der Waals surface area contributed by atoms with E-state index in [2.05, 4.69) is 27.5 Å². The smallest absolute Gasteiger partial charge is 0.338 e. The second-order valence-corrected chi connectivity index (χ2v) is 7.96. The van der Waals surface area contributed by atoms with Gasteiger partial charge in [0.05, 0.1) is 24.3 Å². The molecule has 2 N–H and O–H groups in total. The van der Waals surface area contributed by atoms with Crippen molar-refractivity contribution in [3.05, 3.63) is 41.1 Å². The maximum atomic E-state index is 12.9. The van der Waals surface area contributed by atoms with Crippen molar-refractivity contribution in [1.82, 2.24) is 20.4 Å². The first-order valence-electron chi connectivity index (χ1n) is 10.5. The van der Waals surface area contributed by atoms with Gasteiger partial charge in [0.2, 0.25) is 0 Å². The molecule has 8 heteroatoms. The highest BCUT2D eigenvalue weighted by Crippen LogP contribution is 2.29. The Kier molecular flexibility index (Phi) is 7.33. The summed E-state index contributed by atoms with van der Waals surface area (Å²) < 4.78 is 11.0. The lowest BCUT2D eigenvalue weighted by Gasteiger charge is -2.35. The number of urea groups is 1. The number of hydrogen-bond donors (Lipinski definition) is 2. The molecule has 1 atom stereocenters. The number of carbonyl (C=O) groups excluding carboxylic acids is 2. The monoisotopic (exact) mass is 416 g/mol. The number of esters is 1. The van der Waals surface area contributed by atoms with Crippen LogP contribution in [-0.2, 0) is 9.53 Å². The van der Waals surface area contributed by atoms with E-state index in [4.69, 9.17) is 9.47 Å². The summed E-state index contributed by atoms with van der Waals surface area (Å²) in [7, 11) is 2.09. The van der Waals surface area contributed by atoms with Crippen molar-refractivity contribution in [2.45, 2.75) is 32.9 Å². The van der Waals surface area contributed by atoms with Gasteiger partial charge < -0.3 is 25.0 Å². The number of ether oxygens (including phenoxy) is 2. The summed E-state index contributed by atoms with van der Waals surface area (Å²) in [5.41, 5.74) is 1.86. The molecule has 0 aromatic heterocycles. The second kappa shape index (κ2) is 9.95. The van der Waals surface area contributed by atoms with Crippen LogP contribution in [0.3, 0.4) is 0 Å². The number of carbonyl (C=O) groups is 2. The molecule has 2 amide bonds. The number of piperazine rings is 1. The van der Waals surface area contributed by atoms with E-state index in [9.17, 15) is 9.59 Å². The molecule has 1 fully saturated rings. The highest BCUT2D eigenvalue weighted by Gasteiger charge is 2.34. The number of nitrogens with zero attached hydrogens (tertiary/aromatic N) is 2. The number of hydrogen-bond acceptors (Lipinski definition) is 6. The molecule has 0 spiro atoms. The van der Waals surface area contributed by atoms with Crippen molar-refractivity contribution >= 4 is 12.0 Å². The number of nitrogens with one attached hydrogen (secondary N) is 2. The predicted octanol–water partition coefficient (Wildman–Crippen LogP) is 1.89. The Morgan fingerprint density at radius 1 is 1.17 bits per heavy atom. The van der Waals surface area contributed by atoms with Gasteiger partial charge in [-0.1, -0.05) is 12.1 Å². The van der Waals surface area contributed by atoms with Crippen LogP contribution in [-0.4, -0.2) is 74.3 Å². The Morgan fingerprint density at radius 2 is 1.83 bits per heavy atom. The first kappa shape index (κ1) is 22.1. The minimum Gasteiger partial charge on any atom is -0.491 e. The fraction of sp³-hybridized carbons (Fsp3) is 0.545. The van der Waals surface area contributed by atoms with Gasteiger partial charge >= 0.3 is 12.0 Å². The van der Waals surface area contributed by atoms with Crippen LogP contribution in [0.15, 0.2) is 35.5 Å². The van der Waals surface area contributed by atoms with Crippen molar-refractivity contribution in [1.29, 1.82) is 0 Å². The summed E-state index contributed by atoms with van der Waals surface area (Å²) >= 11 is 0. The molecule has 30 heavy (non-hydrogen) atoms. The van der Waals surface area contributed by atoms with Gasteiger partial charge in [-0.15, -0.1) is 0 Å². The van der Waals surface area contributed by atoms with Gasteiger partial charge in [0.15, 0.2) is 0 Å². The Hall–Kier alpha value is -2.58. The molecule has 1 saturated heterocycles. The molecule has 164 valence electrons. The third-order valence-corrected chi connectivity index (χ3v) is 5.21. The zero-order valence-electron chi connectivity index (χ0n) is 18.2. The standard InChI is InChI=1S/C22H32N4O4/c1-5-29-21(27)19-18(14-26-12-10-25(4)11-13-26)23-22(28)24-20(19)16-6-8-17(9-7-16)30-15(2)3/h6-9,15,20H,5,10-14H2,1-4H3,(H2,23,24,28). The van der Waals surface area contributed by atoms with Gasteiger partial charge in [0.1, 0.15) is 5.75 Å². The third kappa shape index (κ3) is 5.52. The Balaban J connectivity index is 1.91. The Labute approximate surface area is 178 Å². The van der Waals surface area contributed by atoms with Gasteiger partial charge in [0.25, 0.3) is 0 Å². The number of rotatable bonds is 7. The molecule has 0 bridgehead atoms. The van der Waals surface area contributed by atoms with Crippen LogP contribution >= 0.6 is 0 Å². The first-order valence-corrected chi connectivity index (χ1v) is 10.5. The van der Waals surface area contributed by atoms with Crippen molar-refractivity contribution in [3.8, 4) is 5.75 Å². The molecule has 2 aliphatic rings. The largest absolute Gasteiger partial charge is 0.491 e. The number of likely N-dealkylation sites (N-methyl/N-ethyl adjacent to an activating group) is 1. The predicted molar refractivity (Wildman–Crippen MR) is 114 cm³/mol. The van der Waals surface area contributed by atoms with Crippen molar-refractivity contribution < 1.29 is 19.1 Å². The van der Waals surface area contributed by atoms with E-state index in [0.29, 0.717) is 17.8 Å². The molecule has 0 aliphatic carbocycles. The lowest BCUT2D eigenvalue weighted by atomic mass is 9.94. The van der Waals surface area contributed by atoms with E-state index in [0.717, 1.165) is 37.5 Å². The van der Waals surface area contributed by atoms with Crippen molar-refractivity contribution in [2.75, 3.05) is 46.4 Å². The number of amides is 2. The Morgan fingerprint density at radius 3 is 2.43 bits per heavy atom. The van der Waals surface area contributed by atoms with Crippen LogP contribution in [0.1, 0.15) is 32.4 Å². The molecule has 1 aromatic carbocycles. The summed E-state index contributed by atoms with van der Waals surface area (Å²) in [5.74, 6) is 0.329. The second-order valence-electron chi connectivity index (χ2n) is 7.96. The summed E-state index contributed by atoms with van der Waals surface area (Å²) in [5, 5.41) is 5.73. The molecule has 1 aromatic rings. The molecular weight excluding hydrogens is 384 g/mol. The molecule has 2 aliphatic heterocycles. The van der Waals surface area contributed by atoms with Crippen LogP contribution < -0.4 is 15.4 Å². The summed E-state index contributed by atoms with van der Waals surface area (Å²) in [6, 6.07) is 6.56. The molecular formula is C22H32N4O4. The molecule has 0 radical (unpaired) electrons. The van der Waals surface area contributed by atoms with Gasteiger partial charge in [-0.2, -0.15) is 0 Å². The minimum atomic E-state index is -0.576. The summed E-state index contributed by atoms with van der Waals surface area (Å²) in [6.45, 7) is 10.1. The number of benzene rings is 1. The van der Waals surface area contributed by atoms with Crippen LogP contribution in [0.2, 0.25) is 0 Å². The maximum Gasteiger partial charge on any atom is 0.338 e. The van der Waals surface area contributed by atoms with E-state index in [1.807, 2.05) is 38.1 Å². The fourth-order valence-electron chi connectivity index (χ4n) is 3.68. The van der Waals surface area contributed by atoms with Gasteiger partial charge in [0, 0.05) is 38.4 Å². The van der Waals surface area contributed by atoms with Gasteiger partial charge in [-0.05, 0) is 45.5 Å². The lowest BCUT2D eigenvalue weighted by Crippen LogP contribution is -2.51. The summed E-state index contributed by atoms with van der Waals surface area (Å²) in [4.78, 5) is 29.8. The molecule has 2 heterocycles. The zero-order chi connectivity index (χ0) is 21.7. The minimum absolute atomic E-state index is 0.0691. The topological polar surface area (TPSA) is 83.1 Å². The average Bonchev–Trinajstić information content (AvgIpc) is 2.69. The fourth-order valence-corrected chi connectivity index (χ4v) is 3.68. The normalized spacial score (nSPS) is 20.7. The summed E-state index contributed by atoms with van der Waals surface area (Å²) in [6.07, 6.45) is 0.0691. The van der Waals surface area contributed by atoms with E-state index in [-0.39, 0.29) is 18.7 Å². The van der Waals surface area contributed by atoms with Crippen LogP contribution in [0.5, 0.6) is 5.75 Å². The highest BCUT2D eigenvalue weighted by molar-refractivity contribution is 5.95. The third-order valence-electron chi connectivity index (χ3n) is 5.21. The zero-order valence-corrected chi connectivity index (χ0v) is 18.2. The van der Waals surface area contributed by atoms with E-state index < -0.39 is 12.0 Å². The molecule has 3 rings (SSSR count). The Bertz CT molecular complexity index is 783. The van der Waals surface area contributed by atoms with Crippen LogP contribution in [0.25, 0.3) is 0 Å². The van der Waals surface area contributed by atoms with Crippen LogP contribution in [0, 0.1) is 0 Å². The first-order chi connectivity index (χ1) is 14.4. The maximum absolute atomic E-state index is 12.9. The van der Waals surface area contributed by atoms with Gasteiger partial charge in [-0.25, -0.2) is 9.59 Å². The molecule has 8 nitrogen and oxygen atoms in total.